The number of nitrogens with zero attached hydrogens (tertiary/aromatic N) is 1. The van der Waals surface area contributed by atoms with E-state index in [2.05, 4.69) is 21.7 Å². The van der Waals surface area contributed by atoms with Gasteiger partial charge in [-0.3, -0.25) is 9.78 Å². The monoisotopic (exact) mass is 328 g/mol. The molecule has 1 aliphatic rings. The zero-order valence-corrected chi connectivity index (χ0v) is 13.7. The van der Waals surface area contributed by atoms with E-state index in [0.717, 1.165) is 23.1 Å². The fourth-order valence-electron chi connectivity index (χ4n) is 3.20. The number of hydrogen-bond donors (Lipinski definition) is 1. The minimum atomic E-state index is -0.0243. The average Bonchev–Trinajstić information content (AvgIpc) is 2.92. The van der Waals surface area contributed by atoms with Gasteiger partial charge in [0, 0.05) is 4.88 Å². The highest BCUT2D eigenvalue weighted by Crippen LogP contribution is 2.34. The Morgan fingerprint density at radius 1 is 1.18 bits per heavy atom. The van der Waals surface area contributed by atoms with Crippen LogP contribution in [-0.2, 0) is 19.4 Å². The van der Waals surface area contributed by atoms with Crippen LogP contribution in [-0.4, -0.2) is 9.55 Å². The summed E-state index contributed by atoms with van der Waals surface area (Å²) in [5, 5.41) is 0.865. The van der Waals surface area contributed by atoms with Gasteiger partial charge in [0.05, 0.1) is 11.9 Å². The zero-order valence-electron chi connectivity index (χ0n) is 12.1. The third-order valence-corrected chi connectivity index (χ3v) is 5.91. The van der Waals surface area contributed by atoms with Crippen LogP contribution in [0.4, 0.5) is 0 Å². The molecule has 0 saturated heterocycles. The van der Waals surface area contributed by atoms with Crippen LogP contribution in [0.15, 0.2) is 35.1 Å². The van der Waals surface area contributed by atoms with E-state index in [4.69, 9.17) is 12.2 Å². The summed E-state index contributed by atoms with van der Waals surface area (Å²) >= 11 is 7.17. The summed E-state index contributed by atoms with van der Waals surface area (Å²) in [4.78, 5) is 17.7. The summed E-state index contributed by atoms with van der Waals surface area (Å²) in [6.45, 7) is 0.701. The van der Waals surface area contributed by atoms with Crippen LogP contribution in [0.5, 0.6) is 0 Å². The minimum absolute atomic E-state index is 0.0243. The molecule has 5 heteroatoms. The Bertz CT molecular complexity index is 950. The molecule has 0 fully saturated rings. The molecule has 3 aromatic rings. The maximum atomic E-state index is 12.4. The topological polar surface area (TPSA) is 37.8 Å². The number of aryl methyl sites for hydroxylation is 2. The first-order valence-corrected chi connectivity index (χ1v) is 8.78. The van der Waals surface area contributed by atoms with E-state index in [1.54, 1.807) is 11.3 Å². The lowest BCUT2D eigenvalue weighted by molar-refractivity contribution is 0.699. The largest absolute Gasteiger partial charge is 0.305 e. The lowest BCUT2D eigenvalue weighted by Crippen LogP contribution is -2.15. The maximum Gasteiger partial charge on any atom is 0.260 e. The van der Waals surface area contributed by atoms with Crippen molar-refractivity contribution in [1.29, 1.82) is 0 Å². The predicted octanol–water partition coefficient (Wildman–Crippen LogP) is 4.05. The Morgan fingerprint density at radius 2 is 1.95 bits per heavy atom. The molecule has 3 nitrogen and oxygen atoms in total. The van der Waals surface area contributed by atoms with Gasteiger partial charge in [0.15, 0.2) is 4.77 Å². The lowest BCUT2D eigenvalue weighted by atomic mass is 9.97. The number of H-pyrrole nitrogens is 1. The quantitative estimate of drug-likeness (QED) is 0.721. The predicted molar refractivity (Wildman–Crippen MR) is 93.5 cm³/mol. The molecule has 4 rings (SSSR count). The van der Waals surface area contributed by atoms with Crippen LogP contribution >= 0.6 is 23.6 Å². The first-order chi connectivity index (χ1) is 10.7. The van der Waals surface area contributed by atoms with Crippen LogP contribution < -0.4 is 5.56 Å². The van der Waals surface area contributed by atoms with Crippen molar-refractivity contribution in [3.63, 3.8) is 0 Å². The number of benzene rings is 1. The van der Waals surface area contributed by atoms with E-state index >= 15 is 0 Å². The van der Waals surface area contributed by atoms with E-state index in [1.807, 2.05) is 18.2 Å². The zero-order chi connectivity index (χ0) is 15.1. The normalized spacial score (nSPS) is 14.2. The van der Waals surface area contributed by atoms with Crippen molar-refractivity contribution >= 4 is 33.8 Å². The third kappa shape index (κ3) is 2.25. The van der Waals surface area contributed by atoms with Crippen molar-refractivity contribution in [3.8, 4) is 0 Å². The molecule has 0 unspecified atom stereocenters. The van der Waals surface area contributed by atoms with Crippen molar-refractivity contribution in [2.45, 2.75) is 32.2 Å². The first kappa shape index (κ1) is 13.9. The molecule has 2 heterocycles. The Kier molecular flexibility index (Phi) is 3.47. The SMILES string of the molecule is O=c1[nH]c(=S)n(Cc2ccccc2)c2sc3c(c12)CCCC3. The van der Waals surface area contributed by atoms with Gasteiger partial charge in [0.2, 0.25) is 0 Å². The van der Waals surface area contributed by atoms with Gasteiger partial charge in [-0.25, -0.2) is 0 Å². The Labute approximate surface area is 137 Å². The van der Waals surface area contributed by atoms with E-state index < -0.39 is 0 Å². The van der Waals surface area contributed by atoms with Gasteiger partial charge in [-0.1, -0.05) is 30.3 Å². The van der Waals surface area contributed by atoms with E-state index in [9.17, 15) is 4.79 Å². The second kappa shape index (κ2) is 5.48. The van der Waals surface area contributed by atoms with Crippen LogP contribution in [0, 0.1) is 4.77 Å². The smallest absolute Gasteiger partial charge is 0.260 e. The molecule has 0 spiro atoms. The number of hydrogen-bond acceptors (Lipinski definition) is 3. The van der Waals surface area contributed by atoms with Gasteiger partial charge in [-0.2, -0.15) is 0 Å². The van der Waals surface area contributed by atoms with Gasteiger partial charge in [-0.05, 0) is 49.0 Å². The summed E-state index contributed by atoms with van der Waals surface area (Å²) < 4.78 is 2.59. The summed E-state index contributed by atoms with van der Waals surface area (Å²) in [6, 6.07) is 10.2. The lowest BCUT2D eigenvalue weighted by Gasteiger charge is -2.10. The molecule has 1 aliphatic carbocycles. The number of nitrogens with one attached hydrogen (secondary N) is 1. The highest BCUT2D eigenvalue weighted by Gasteiger charge is 2.20. The van der Waals surface area contributed by atoms with E-state index in [0.29, 0.717) is 11.3 Å². The highest BCUT2D eigenvalue weighted by molar-refractivity contribution is 7.71. The van der Waals surface area contributed by atoms with Crippen molar-refractivity contribution in [2.75, 3.05) is 0 Å². The Balaban J connectivity index is 1.96. The van der Waals surface area contributed by atoms with Crippen molar-refractivity contribution in [2.24, 2.45) is 0 Å². The fourth-order valence-corrected chi connectivity index (χ4v) is 4.90. The minimum Gasteiger partial charge on any atom is -0.305 e. The summed E-state index contributed by atoms with van der Waals surface area (Å²) in [6.07, 6.45) is 4.50. The number of thiophene rings is 1. The molecule has 112 valence electrons. The number of aromatic amines is 1. The third-order valence-electron chi connectivity index (χ3n) is 4.27. The molecular weight excluding hydrogens is 312 g/mol. The van der Waals surface area contributed by atoms with E-state index in [-0.39, 0.29) is 5.56 Å². The molecular formula is C17H16N2OS2. The van der Waals surface area contributed by atoms with Gasteiger partial charge < -0.3 is 4.57 Å². The molecule has 0 aliphatic heterocycles. The van der Waals surface area contributed by atoms with Crippen molar-refractivity contribution in [3.05, 3.63) is 61.5 Å². The van der Waals surface area contributed by atoms with Crippen molar-refractivity contribution in [1.82, 2.24) is 9.55 Å². The molecule has 0 radical (unpaired) electrons. The van der Waals surface area contributed by atoms with Crippen LogP contribution in [0.1, 0.15) is 28.8 Å². The standard InChI is InChI=1S/C17H16N2OS2/c20-15-14-12-8-4-5-9-13(12)22-16(14)19(17(21)18-15)10-11-6-2-1-3-7-11/h1-3,6-7H,4-5,8-10H2,(H,18,20,21). The van der Waals surface area contributed by atoms with Gasteiger partial charge in [0.25, 0.3) is 5.56 Å². The molecule has 1 N–H and O–H groups in total. The summed E-state index contributed by atoms with van der Waals surface area (Å²) in [5.41, 5.74) is 2.42. The molecule has 0 bridgehead atoms. The molecule has 22 heavy (non-hydrogen) atoms. The van der Waals surface area contributed by atoms with E-state index in [1.165, 1.54) is 28.8 Å². The molecule has 0 amide bonds. The second-order valence-corrected chi connectivity index (χ2v) is 7.19. The molecule has 0 saturated carbocycles. The molecule has 2 aromatic heterocycles. The maximum absolute atomic E-state index is 12.4. The number of aromatic nitrogens is 2. The Hall–Kier alpha value is -1.72. The first-order valence-electron chi connectivity index (χ1n) is 7.55. The Morgan fingerprint density at radius 3 is 2.77 bits per heavy atom. The van der Waals surface area contributed by atoms with Gasteiger partial charge >= 0.3 is 0 Å². The van der Waals surface area contributed by atoms with Crippen LogP contribution in [0.25, 0.3) is 10.2 Å². The van der Waals surface area contributed by atoms with Crippen LogP contribution in [0.3, 0.4) is 0 Å². The fraction of sp³-hybridized carbons (Fsp3) is 0.294. The van der Waals surface area contributed by atoms with Gasteiger partial charge in [-0.15, -0.1) is 11.3 Å². The van der Waals surface area contributed by atoms with Crippen LogP contribution in [0.2, 0.25) is 0 Å². The van der Waals surface area contributed by atoms with Crippen molar-refractivity contribution < 1.29 is 0 Å². The summed E-state index contributed by atoms with van der Waals surface area (Å²) in [5.74, 6) is 0. The van der Waals surface area contributed by atoms with Gasteiger partial charge in [0.1, 0.15) is 4.83 Å². The highest BCUT2D eigenvalue weighted by atomic mass is 32.1. The number of rotatable bonds is 2. The second-order valence-electron chi connectivity index (χ2n) is 5.72. The number of fused-ring (bicyclic) bond motifs is 3. The molecule has 0 atom stereocenters. The molecule has 1 aromatic carbocycles. The average molecular weight is 328 g/mol. The summed E-state index contributed by atoms with van der Waals surface area (Å²) in [7, 11) is 0.